The van der Waals surface area contributed by atoms with Crippen LogP contribution in [-0.2, 0) is 12.8 Å². The van der Waals surface area contributed by atoms with E-state index in [1.54, 1.807) is 11.3 Å². The molecule has 0 saturated carbocycles. The Bertz CT molecular complexity index is 577. The second-order valence-electron chi connectivity index (χ2n) is 5.72. The van der Waals surface area contributed by atoms with Crippen LogP contribution in [0, 0.1) is 12.8 Å². The maximum Gasteiger partial charge on any atom is 0.136 e. The summed E-state index contributed by atoms with van der Waals surface area (Å²) in [6, 6.07) is 2.07. The Morgan fingerprint density at radius 2 is 2.00 bits per heavy atom. The van der Waals surface area contributed by atoms with Gasteiger partial charge in [-0.25, -0.2) is 15.0 Å². The fourth-order valence-electron chi connectivity index (χ4n) is 2.15. The summed E-state index contributed by atoms with van der Waals surface area (Å²) in [4.78, 5) is 13.8. The van der Waals surface area contributed by atoms with Crippen molar-refractivity contribution in [2.45, 2.75) is 47.0 Å². The van der Waals surface area contributed by atoms with E-state index in [0.717, 1.165) is 47.4 Å². The third-order valence-electron chi connectivity index (χ3n) is 3.00. The van der Waals surface area contributed by atoms with E-state index in [2.05, 4.69) is 47.5 Å². The largest absolute Gasteiger partial charge is 0.370 e. The molecule has 4 nitrogen and oxygen atoms in total. The van der Waals surface area contributed by atoms with Gasteiger partial charge in [-0.1, -0.05) is 20.8 Å². The zero-order chi connectivity index (χ0) is 15.2. The van der Waals surface area contributed by atoms with Crippen LogP contribution in [-0.4, -0.2) is 21.5 Å². The Hall–Kier alpha value is -1.49. The highest BCUT2D eigenvalue weighted by Crippen LogP contribution is 2.15. The van der Waals surface area contributed by atoms with Crippen LogP contribution in [0.1, 0.15) is 49.4 Å². The van der Waals surface area contributed by atoms with E-state index >= 15 is 0 Å². The summed E-state index contributed by atoms with van der Waals surface area (Å²) in [7, 11) is 0. The summed E-state index contributed by atoms with van der Waals surface area (Å²) < 4.78 is 0. The molecule has 0 aliphatic rings. The van der Waals surface area contributed by atoms with Crippen LogP contribution in [0.2, 0.25) is 0 Å². The Labute approximate surface area is 131 Å². The van der Waals surface area contributed by atoms with Gasteiger partial charge in [0.05, 0.1) is 17.1 Å². The molecule has 2 rings (SSSR count). The molecule has 0 aliphatic heterocycles. The summed E-state index contributed by atoms with van der Waals surface area (Å²) in [6.45, 7) is 9.55. The third-order valence-corrected chi connectivity index (χ3v) is 3.83. The van der Waals surface area contributed by atoms with E-state index in [0.29, 0.717) is 12.3 Å². The number of aromatic nitrogens is 3. The second-order valence-corrected chi connectivity index (χ2v) is 6.78. The maximum absolute atomic E-state index is 4.70. The smallest absolute Gasteiger partial charge is 0.136 e. The number of hydrogen-bond donors (Lipinski definition) is 1. The lowest BCUT2D eigenvalue weighted by molar-refractivity contribution is 0.631. The number of rotatable bonds is 7. The first-order valence-electron chi connectivity index (χ1n) is 7.58. The van der Waals surface area contributed by atoms with Gasteiger partial charge < -0.3 is 5.32 Å². The average molecular weight is 304 g/mol. The zero-order valence-corrected chi connectivity index (χ0v) is 14.1. The van der Waals surface area contributed by atoms with E-state index in [1.807, 2.05) is 6.92 Å². The molecule has 0 atom stereocenters. The Morgan fingerprint density at radius 3 is 2.62 bits per heavy atom. The normalized spacial score (nSPS) is 11.1. The van der Waals surface area contributed by atoms with Crippen molar-refractivity contribution in [1.82, 2.24) is 15.0 Å². The molecule has 0 amide bonds. The minimum absolute atomic E-state index is 0.591. The van der Waals surface area contributed by atoms with Crippen molar-refractivity contribution in [3.8, 4) is 0 Å². The SMILES string of the molecule is CCCNc1cc(CC(C)C)nc(Cc2csc(C)n2)n1. The van der Waals surface area contributed by atoms with Crippen LogP contribution >= 0.6 is 11.3 Å². The van der Waals surface area contributed by atoms with Crippen molar-refractivity contribution < 1.29 is 0 Å². The molecule has 0 fully saturated rings. The minimum atomic E-state index is 0.591. The van der Waals surface area contributed by atoms with E-state index in [9.17, 15) is 0 Å². The summed E-state index contributed by atoms with van der Waals surface area (Å²) in [5.74, 6) is 2.38. The Kier molecular flexibility index (Phi) is 5.67. The molecule has 114 valence electrons. The molecule has 0 aromatic carbocycles. The fraction of sp³-hybridized carbons (Fsp3) is 0.562. The average Bonchev–Trinajstić information content (AvgIpc) is 2.80. The number of nitrogens with one attached hydrogen (secondary N) is 1. The molecule has 0 aliphatic carbocycles. The zero-order valence-electron chi connectivity index (χ0n) is 13.3. The van der Waals surface area contributed by atoms with E-state index in [4.69, 9.17) is 4.98 Å². The fourth-order valence-corrected chi connectivity index (χ4v) is 2.76. The van der Waals surface area contributed by atoms with Crippen LogP contribution in [0.5, 0.6) is 0 Å². The van der Waals surface area contributed by atoms with E-state index in [1.165, 1.54) is 0 Å². The van der Waals surface area contributed by atoms with Crippen LogP contribution in [0.15, 0.2) is 11.4 Å². The number of hydrogen-bond acceptors (Lipinski definition) is 5. The minimum Gasteiger partial charge on any atom is -0.370 e. The highest BCUT2D eigenvalue weighted by Gasteiger charge is 2.09. The lowest BCUT2D eigenvalue weighted by Crippen LogP contribution is -2.09. The summed E-state index contributed by atoms with van der Waals surface area (Å²) in [5, 5.41) is 6.55. The molecule has 2 heterocycles. The van der Waals surface area contributed by atoms with Gasteiger partial charge in [-0.2, -0.15) is 0 Å². The van der Waals surface area contributed by atoms with Crippen molar-refractivity contribution in [2.24, 2.45) is 5.92 Å². The van der Waals surface area contributed by atoms with E-state index < -0.39 is 0 Å². The molecule has 0 bridgehead atoms. The van der Waals surface area contributed by atoms with Gasteiger partial charge in [0.25, 0.3) is 0 Å². The lowest BCUT2D eigenvalue weighted by Gasteiger charge is -2.10. The Morgan fingerprint density at radius 1 is 1.19 bits per heavy atom. The van der Waals surface area contributed by atoms with Crippen LogP contribution in [0.4, 0.5) is 5.82 Å². The quantitative estimate of drug-likeness (QED) is 0.844. The van der Waals surface area contributed by atoms with Gasteiger partial charge in [0.1, 0.15) is 11.6 Å². The molecular formula is C16H24N4S. The lowest BCUT2D eigenvalue weighted by atomic mass is 10.1. The molecule has 5 heteroatoms. The molecule has 21 heavy (non-hydrogen) atoms. The van der Waals surface area contributed by atoms with E-state index in [-0.39, 0.29) is 0 Å². The first-order chi connectivity index (χ1) is 10.1. The molecule has 2 aromatic rings. The number of aryl methyl sites for hydroxylation is 1. The first-order valence-corrected chi connectivity index (χ1v) is 8.46. The van der Waals surface area contributed by atoms with Crippen molar-refractivity contribution in [1.29, 1.82) is 0 Å². The van der Waals surface area contributed by atoms with Crippen LogP contribution in [0.25, 0.3) is 0 Å². The third kappa shape index (κ3) is 5.08. The van der Waals surface area contributed by atoms with Crippen molar-refractivity contribution >= 4 is 17.2 Å². The van der Waals surface area contributed by atoms with Gasteiger partial charge in [-0.05, 0) is 25.7 Å². The predicted octanol–water partition coefficient (Wildman–Crippen LogP) is 3.85. The standard InChI is InChI=1S/C16H24N4S/c1-5-6-17-15-8-13(7-11(2)3)19-16(20-15)9-14-10-21-12(4)18-14/h8,10-11H,5-7,9H2,1-4H3,(H,17,19,20). The highest BCUT2D eigenvalue weighted by atomic mass is 32.1. The predicted molar refractivity (Wildman–Crippen MR) is 89.0 cm³/mol. The molecule has 0 saturated heterocycles. The topological polar surface area (TPSA) is 50.7 Å². The van der Waals surface area contributed by atoms with Crippen molar-refractivity contribution in [3.05, 3.63) is 33.7 Å². The summed E-state index contributed by atoms with van der Waals surface area (Å²) >= 11 is 1.67. The number of anilines is 1. The summed E-state index contributed by atoms with van der Waals surface area (Å²) in [6.07, 6.45) is 2.77. The van der Waals surface area contributed by atoms with Gasteiger partial charge >= 0.3 is 0 Å². The van der Waals surface area contributed by atoms with Crippen LogP contribution < -0.4 is 5.32 Å². The number of nitrogens with zero attached hydrogens (tertiary/aromatic N) is 3. The van der Waals surface area contributed by atoms with Gasteiger partial charge in [0, 0.05) is 23.7 Å². The monoisotopic (exact) mass is 304 g/mol. The van der Waals surface area contributed by atoms with Gasteiger partial charge in [0.2, 0.25) is 0 Å². The van der Waals surface area contributed by atoms with Crippen LogP contribution in [0.3, 0.4) is 0 Å². The molecule has 0 spiro atoms. The number of thiazole rings is 1. The molecule has 0 unspecified atom stereocenters. The maximum atomic E-state index is 4.70. The first kappa shape index (κ1) is 15.9. The van der Waals surface area contributed by atoms with Crippen molar-refractivity contribution in [3.63, 3.8) is 0 Å². The van der Waals surface area contributed by atoms with Gasteiger partial charge in [0.15, 0.2) is 0 Å². The highest BCUT2D eigenvalue weighted by molar-refractivity contribution is 7.09. The second kappa shape index (κ2) is 7.50. The molecule has 0 radical (unpaired) electrons. The summed E-state index contributed by atoms with van der Waals surface area (Å²) in [5.41, 5.74) is 2.17. The Balaban J connectivity index is 2.21. The van der Waals surface area contributed by atoms with Gasteiger partial charge in [-0.3, -0.25) is 0 Å². The molecule has 1 N–H and O–H groups in total. The van der Waals surface area contributed by atoms with Gasteiger partial charge in [-0.15, -0.1) is 11.3 Å². The molecular weight excluding hydrogens is 280 g/mol. The molecule has 2 aromatic heterocycles. The van der Waals surface area contributed by atoms with Crippen molar-refractivity contribution in [2.75, 3.05) is 11.9 Å².